The highest BCUT2D eigenvalue weighted by molar-refractivity contribution is 6.30. The fraction of sp³-hybridized carbons (Fsp3) is 0.207. The fourth-order valence-corrected chi connectivity index (χ4v) is 5.22. The first-order valence-corrected chi connectivity index (χ1v) is 12.5. The molecule has 0 bridgehead atoms. The van der Waals surface area contributed by atoms with Crippen molar-refractivity contribution in [3.63, 3.8) is 0 Å². The van der Waals surface area contributed by atoms with Gasteiger partial charge in [0, 0.05) is 42.9 Å². The van der Waals surface area contributed by atoms with E-state index in [1.165, 1.54) is 6.20 Å². The first-order valence-electron chi connectivity index (χ1n) is 12.1. The summed E-state index contributed by atoms with van der Waals surface area (Å²) in [6, 6.07) is 20.6. The van der Waals surface area contributed by atoms with Crippen LogP contribution in [0.15, 0.2) is 91.6 Å². The molecule has 1 aliphatic heterocycles. The zero-order valence-corrected chi connectivity index (χ0v) is 20.8. The third-order valence-electron chi connectivity index (χ3n) is 6.69. The van der Waals surface area contributed by atoms with Crippen LogP contribution in [0.2, 0.25) is 5.02 Å². The molecular formula is C29H25ClN6O. The first-order chi connectivity index (χ1) is 18.1. The molecule has 1 aromatic carbocycles. The molecule has 0 spiro atoms. The number of nitriles is 1. The Hall–Kier alpha value is -4.12. The summed E-state index contributed by atoms with van der Waals surface area (Å²) in [6.45, 7) is 0.727. The van der Waals surface area contributed by atoms with E-state index in [1.54, 1.807) is 30.6 Å². The van der Waals surface area contributed by atoms with E-state index in [9.17, 15) is 10.1 Å². The Bertz CT molecular complexity index is 1350. The number of carbonyl (C=O) groups excluding carboxylic acids is 1. The molecule has 7 nitrogen and oxygen atoms in total. The van der Waals surface area contributed by atoms with Crippen molar-refractivity contribution in [3.05, 3.63) is 119 Å². The Morgan fingerprint density at radius 1 is 1.00 bits per heavy atom. The van der Waals surface area contributed by atoms with E-state index < -0.39 is 0 Å². The lowest BCUT2D eigenvalue weighted by molar-refractivity contribution is -0.121. The monoisotopic (exact) mass is 508 g/mol. The molecule has 1 amide bonds. The molecule has 8 heteroatoms. The molecule has 4 heterocycles. The SMILES string of the molecule is N#Cc1cccc(C(C(c2cccnc2)c2cccnc2)N2CCCC2C(=O)Nc2ccc(Cl)cn2)c1. The quantitative estimate of drug-likeness (QED) is 0.360. The van der Waals surface area contributed by atoms with Gasteiger partial charge in [0.1, 0.15) is 5.82 Å². The maximum absolute atomic E-state index is 13.6. The number of hydrogen-bond donors (Lipinski definition) is 1. The number of likely N-dealkylation sites (tertiary alicyclic amines) is 1. The Balaban J connectivity index is 1.59. The predicted molar refractivity (Wildman–Crippen MR) is 142 cm³/mol. The third kappa shape index (κ3) is 5.51. The van der Waals surface area contributed by atoms with E-state index in [0.717, 1.165) is 29.7 Å². The van der Waals surface area contributed by atoms with Gasteiger partial charge < -0.3 is 5.32 Å². The van der Waals surface area contributed by atoms with Crippen molar-refractivity contribution in [1.29, 1.82) is 5.26 Å². The number of aromatic nitrogens is 3. The van der Waals surface area contributed by atoms with Crippen LogP contribution in [0.4, 0.5) is 5.82 Å². The lowest BCUT2D eigenvalue weighted by Gasteiger charge is -2.38. The number of hydrogen-bond acceptors (Lipinski definition) is 6. The second-order valence-electron chi connectivity index (χ2n) is 8.98. The van der Waals surface area contributed by atoms with Crippen molar-refractivity contribution < 1.29 is 4.79 Å². The fourth-order valence-electron chi connectivity index (χ4n) is 5.11. The normalized spacial score (nSPS) is 16.3. The summed E-state index contributed by atoms with van der Waals surface area (Å²) >= 11 is 5.97. The highest BCUT2D eigenvalue weighted by Gasteiger charge is 2.41. The van der Waals surface area contributed by atoms with Crippen LogP contribution in [-0.4, -0.2) is 38.3 Å². The van der Waals surface area contributed by atoms with Crippen molar-refractivity contribution in [2.24, 2.45) is 0 Å². The molecule has 2 unspecified atom stereocenters. The van der Waals surface area contributed by atoms with Gasteiger partial charge in [0.25, 0.3) is 0 Å². The highest BCUT2D eigenvalue weighted by Crippen LogP contribution is 2.43. The minimum absolute atomic E-state index is 0.120. The van der Waals surface area contributed by atoms with E-state index >= 15 is 0 Å². The summed E-state index contributed by atoms with van der Waals surface area (Å²) in [5.41, 5.74) is 3.55. The number of anilines is 1. The molecule has 0 saturated carbocycles. The van der Waals surface area contributed by atoms with Crippen molar-refractivity contribution in [3.8, 4) is 6.07 Å². The van der Waals surface area contributed by atoms with Gasteiger partial charge in [-0.05, 0) is 72.5 Å². The molecule has 0 aliphatic carbocycles. The van der Waals surface area contributed by atoms with Gasteiger partial charge >= 0.3 is 0 Å². The number of benzene rings is 1. The number of rotatable bonds is 7. The molecule has 2 atom stereocenters. The van der Waals surface area contributed by atoms with Crippen LogP contribution >= 0.6 is 11.6 Å². The number of nitrogens with zero attached hydrogens (tertiary/aromatic N) is 5. The second-order valence-corrected chi connectivity index (χ2v) is 9.42. The van der Waals surface area contributed by atoms with Crippen LogP contribution in [0.25, 0.3) is 0 Å². The Kier molecular flexibility index (Phi) is 7.50. The smallest absolute Gasteiger partial charge is 0.242 e. The molecular weight excluding hydrogens is 484 g/mol. The Labute approximate surface area is 220 Å². The standard InChI is InChI=1S/C29H25ClN6O/c30-24-10-11-26(34-19-24)35-29(37)25-9-4-14-36(25)28(21-6-1-5-20(15-21)16-31)27(22-7-2-12-32-17-22)23-8-3-13-33-18-23/h1-3,5-8,10-13,15,17-19,25,27-28H,4,9,14H2,(H,34,35,37). The molecule has 5 rings (SSSR count). The van der Waals surface area contributed by atoms with Gasteiger partial charge in [-0.1, -0.05) is 35.9 Å². The average Bonchev–Trinajstić information content (AvgIpc) is 3.43. The minimum atomic E-state index is -0.385. The van der Waals surface area contributed by atoms with Gasteiger partial charge in [0.2, 0.25) is 5.91 Å². The number of nitrogens with one attached hydrogen (secondary N) is 1. The van der Waals surface area contributed by atoms with E-state index in [2.05, 4.69) is 43.4 Å². The van der Waals surface area contributed by atoms with Crippen LogP contribution < -0.4 is 5.32 Å². The molecule has 4 aromatic rings. The summed E-state index contributed by atoms with van der Waals surface area (Å²) in [6.07, 6.45) is 10.3. The first kappa shape index (κ1) is 24.6. The minimum Gasteiger partial charge on any atom is -0.309 e. The van der Waals surface area contributed by atoms with Gasteiger partial charge in [-0.15, -0.1) is 0 Å². The predicted octanol–water partition coefficient (Wildman–Crippen LogP) is 5.37. The molecule has 37 heavy (non-hydrogen) atoms. The van der Waals surface area contributed by atoms with E-state index in [-0.39, 0.29) is 23.9 Å². The van der Waals surface area contributed by atoms with E-state index in [1.807, 2.05) is 42.7 Å². The van der Waals surface area contributed by atoms with Crippen molar-refractivity contribution in [2.75, 3.05) is 11.9 Å². The molecule has 1 saturated heterocycles. The number of amides is 1. The molecule has 0 radical (unpaired) electrons. The van der Waals surface area contributed by atoms with Gasteiger partial charge in [-0.25, -0.2) is 4.98 Å². The average molecular weight is 509 g/mol. The van der Waals surface area contributed by atoms with E-state index in [0.29, 0.717) is 22.8 Å². The summed E-state index contributed by atoms with van der Waals surface area (Å²) in [5, 5.41) is 13.1. The maximum Gasteiger partial charge on any atom is 0.242 e. The number of carbonyl (C=O) groups is 1. The Morgan fingerprint density at radius 2 is 1.73 bits per heavy atom. The van der Waals surface area contributed by atoms with Crippen molar-refractivity contribution >= 4 is 23.3 Å². The van der Waals surface area contributed by atoms with Crippen LogP contribution in [0, 0.1) is 11.3 Å². The van der Waals surface area contributed by atoms with Crippen LogP contribution in [-0.2, 0) is 4.79 Å². The van der Waals surface area contributed by atoms with Gasteiger partial charge in [-0.2, -0.15) is 5.26 Å². The third-order valence-corrected chi connectivity index (χ3v) is 6.92. The molecule has 1 aliphatic rings. The molecule has 1 fully saturated rings. The van der Waals surface area contributed by atoms with E-state index in [4.69, 9.17) is 11.6 Å². The molecule has 3 aromatic heterocycles. The number of halogens is 1. The van der Waals surface area contributed by atoms with Gasteiger partial charge in [0.15, 0.2) is 0 Å². The lowest BCUT2D eigenvalue weighted by Crippen LogP contribution is -2.44. The summed E-state index contributed by atoms with van der Waals surface area (Å²) in [4.78, 5) is 28.8. The maximum atomic E-state index is 13.6. The zero-order chi connectivity index (χ0) is 25.6. The van der Waals surface area contributed by atoms with Crippen LogP contribution in [0.3, 0.4) is 0 Å². The largest absolute Gasteiger partial charge is 0.309 e. The van der Waals surface area contributed by atoms with Crippen LogP contribution in [0.5, 0.6) is 0 Å². The van der Waals surface area contributed by atoms with Crippen molar-refractivity contribution in [1.82, 2.24) is 19.9 Å². The van der Waals surface area contributed by atoms with Gasteiger partial charge in [0.05, 0.1) is 22.7 Å². The Morgan fingerprint density at radius 3 is 2.35 bits per heavy atom. The lowest BCUT2D eigenvalue weighted by atomic mass is 9.81. The zero-order valence-electron chi connectivity index (χ0n) is 20.0. The summed E-state index contributed by atoms with van der Waals surface area (Å²) < 4.78 is 0. The molecule has 1 N–H and O–H groups in total. The summed E-state index contributed by atoms with van der Waals surface area (Å²) in [5.74, 6) is 0.170. The highest BCUT2D eigenvalue weighted by atomic mass is 35.5. The summed E-state index contributed by atoms with van der Waals surface area (Å²) in [7, 11) is 0. The topological polar surface area (TPSA) is 94.8 Å². The number of pyridine rings is 3. The molecule has 184 valence electrons. The second kappa shape index (κ2) is 11.3. The van der Waals surface area contributed by atoms with Gasteiger partial charge in [-0.3, -0.25) is 19.7 Å². The van der Waals surface area contributed by atoms with Crippen LogP contribution in [0.1, 0.15) is 47.1 Å². The van der Waals surface area contributed by atoms with Crippen molar-refractivity contribution in [2.45, 2.75) is 30.8 Å².